The van der Waals surface area contributed by atoms with Crippen molar-refractivity contribution in [1.29, 1.82) is 0 Å². The zero-order valence-corrected chi connectivity index (χ0v) is 8.44. The van der Waals surface area contributed by atoms with Crippen molar-refractivity contribution < 1.29 is 4.74 Å². The fourth-order valence-electron chi connectivity index (χ4n) is 2.03. The van der Waals surface area contributed by atoms with Gasteiger partial charge in [-0.1, -0.05) is 6.07 Å². The molecule has 1 unspecified atom stereocenters. The first-order valence-electron chi connectivity index (χ1n) is 4.99. The first-order valence-corrected chi connectivity index (χ1v) is 4.99. The number of rotatable bonds is 3. The first kappa shape index (κ1) is 9.62. The maximum absolute atomic E-state index is 6.18. The number of ether oxygens (including phenoxy) is 1. The van der Waals surface area contributed by atoms with Gasteiger partial charge in [0.25, 0.3) is 0 Å². The van der Waals surface area contributed by atoms with Crippen LogP contribution in [0.5, 0.6) is 0 Å². The van der Waals surface area contributed by atoms with Crippen molar-refractivity contribution in [3.63, 3.8) is 0 Å². The number of nitrogens with zero attached hydrogens (tertiary/aromatic N) is 1. The van der Waals surface area contributed by atoms with Crippen molar-refractivity contribution in [2.75, 3.05) is 7.11 Å². The van der Waals surface area contributed by atoms with Gasteiger partial charge in [0.15, 0.2) is 0 Å². The van der Waals surface area contributed by atoms with Crippen LogP contribution in [0, 0.1) is 0 Å². The number of aromatic nitrogens is 1. The molecule has 0 aromatic carbocycles. The van der Waals surface area contributed by atoms with E-state index in [-0.39, 0.29) is 11.6 Å². The van der Waals surface area contributed by atoms with Crippen molar-refractivity contribution in [1.82, 2.24) is 4.98 Å². The van der Waals surface area contributed by atoms with E-state index in [1.807, 2.05) is 18.3 Å². The molecule has 1 aliphatic rings. The molecule has 0 saturated heterocycles. The van der Waals surface area contributed by atoms with Gasteiger partial charge in [-0.25, -0.2) is 0 Å². The Hall–Kier alpha value is -0.930. The molecule has 2 rings (SSSR count). The maximum atomic E-state index is 6.18. The summed E-state index contributed by atoms with van der Waals surface area (Å²) in [6, 6.07) is 3.88. The van der Waals surface area contributed by atoms with Gasteiger partial charge in [-0.3, -0.25) is 4.98 Å². The highest BCUT2D eigenvalue weighted by Crippen LogP contribution is 2.43. The first-order chi connectivity index (χ1) is 6.78. The molecule has 0 aliphatic heterocycles. The summed E-state index contributed by atoms with van der Waals surface area (Å²) in [5, 5.41) is 0. The highest BCUT2D eigenvalue weighted by molar-refractivity contribution is 5.19. The molecule has 1 aromatic heterocycles. The standard InChI is InChI=1S/C11H16N2O/c1-14-11(5-3-6-11)10(12)9-4-2-7-13-8-9/h2,4,7-8,10H,3,5-6,12H2,1H3. The molecule has 0 bridgehead atoms. The molecule has 1 aliphatic carbocycles. The number of hydrogen-bond acceptors (Lipinski definition) is 3. The Balaban J connectivity index is 2.19. The monoisotopic (exact) mass is 192 g/mol. The molecule has 1 aromatic rings. The Morgan fingerprint density at radius 1 is 1.57 bits per heavy atom. The number of hydrogen-bond donors (Lipinski definition) is 1. The lowest BCUT2D eigenvalue weighted by molar-refractivity contribution is -0.0912. The van der Waals surface area contributed by atoms with E-state index in [2.05, 4.69) is 4.98 Å². The molecule has 0 amide bonds. The maximum Gasteiger partial charge on any atom is 0.0871 e. The van der Waals surface area contributed by atoms with Crippen molar-refractivity contribution >= 4 is 0 Å². The molecule has 0 radical (unpaired) electrons. The van der Waals surface area contributed by atoms with Crippen LogP contribution in [0.3, 0.4) is 0 Å². The van der Waals surface area contributed by atoms with E-state index in [0.717, 1.165) is 18.4 Å². The minimum atomic E-state index is -0.136. The minimum absolute atomic E-state index is 0.0463. The Labute approximate surface area is 84.3 Å². The van der Waals surface area contributed by atoms with Gasteiger partial charge in [-0.2, -0.15) is 0 Å². The summed E-state index contributed by atoms with van der Waals surface area (Å²) in [5.41, 5.74) is 7.11. The van der Waals surface area contributed by atoms with Crippen molar-refractivity contribution in [2.24, 2.45) is 5.73 Å². The van der Waals surface area contributed by atoms with Gasteiger partial charge < -0.3 is 10.5 Å². The lowest BCUT2D eigenvalue weighted by Crippen LogP contribution is -2.48. The van der Waals surface area contributed by atoms with Crippen LogP contribution in [0.4, 0.5) is 0 Å². The Kier molecular flexibility index (Phi) is 2.52. The zero-order chi connectivity index (χ0) is 10.0. The lowest BCUT2D eigenvalue weighted by atomic mass is 9.73. The zero-order valence-electron chi connectivity index (χ0n) is 8.44. The van der Waals surface area contributed by atoms with Crippen molar-refractivity contribution in [3.05, 3.63) is 30.1 Å². The smallest absolute Gasteiger partial charge is 0.0871 e. The predicted molar refractivity (Wildman–Crippen MR) is 54.8 cm³/mol. The van der Waals surface area contributed by atoms with E-state index in [1.165, 1.54) is 6.42 Å². The summed E-state index contributed by atoms with van der Waals surface area (Å²) in [6.07, 6.45) is 6.90. The fourth-order valence-corrected chi connectivity index (χ4v) is 2.03. The highest BCUT2D eigenvalue weighted by Gasteiger charge is 2.43. The fraction of sp³-hybridized carbons (Fsp3) is 0.545. The number of nitrogens with two attached hydrogens (primary N) is 1. The molecule has 2 N–H and O–H groups in total. The van der Waals surface area contributed by atoms with Crippen LogP contribution < -0.4 is 5.73 Å². The Morgan fingerprint density at radius 2 is 2.36 bits per heavy atom. The van der Waals surface area contributed by atoms with Gasteiger partial charge in [0.1, 0.15) is 0 Å². The summed E-state index contributed by atoms with van der Waals surface area (Å²) >= 11 is 0. The second-order valence-corrected chi connectivity index (χ2v) is 3.89. The summed E-state index contributed by atoms with van der Waals surface area (Å²) in [4.78, 5) is 4.08. The predicted octanol–water partition coefficient (Wildman–Crippen LogP) is 1.65. The SMILES string of the molecule is COC1(C(N)c2cccnc2)CCC1. The van der Waals surface area contributed by atoms with Crippen LogP contribution in [0.2, 0.25) is 0 Å². The molecule has 0 spiro atoms. The van der Waals surface area contributed by atoms with Crippen LogP contribution in [0.15, 0.2) is 24.5 Å². The van der Waals surface area contributed by atoms with Gasteiger partial charge in [-0.05, 0) is 30.9 Å². The Morgan fingerprint density at radius 3 is 2.79 bits per heavy atom. The average molecular weight is 192 g/mol. The molecule has 1 heterocycles. The van der Waals surface area contributed by atoms with E-state index in [1.54, 1.807) is 13.3 Å². The molecular formula is C11H16N2O. The van der Waals surface area contributed by atoms with E-state index in [4.69, 9.17) is 10.5 Å². The van der Waals surface area contributed by atoms with Crippen LogP contribution in [-0.2, 0) is 4.74 Å². The third-order valence-corrected chi connectivity index (χ3v) is 3.22. The topological polar surface area (TPSA) is 48.1 Å². The average Bonchev–Trinajstić information content (AvgIpc) is 2.18. The van der Waals surface area contributed by atoms with Gasteiger partial charge in [0.05, 0.1) is 11.6 Å². The molecule has 3 heteroatoms. The van der Waals surface area contributed by atoms with E-state index >= 15 is 0 Å². The third-order valence-electron chi connectivity index (χ3n) is 3.22. The lowest BCUT2D eigenvalue weighted by Gasteiger charge is -2.45. The molecule has 14 heavy (non-hydrogen) atoms. The molecule has 3 nitrogen and oxygen atoms in total. The van der Waals surface area contributed by atoms with Gasteiger partial charge in [0.2, 0.25) is 0 Å². The number of methoxy groups -OCH3 is 1. The summed E-state index contributed by atoms with van der Waals surface area (Å²) in [6.45, 7) is 0. The van der Waals surface area contributed by atoms with Crippen LogP contribution in [0.1, 0.15) is 30.9 Å². The van der Waals surface area contributed by atoms with Crippen molar-refractivity contribution in [2.45, 2.75) is 30.9 Å². The summed E-state index contributed by atoms with van der Waals surface area (Å²) in [5.74, 6) is 0. The molecule has 76 valence electrons. The molecule has 1 atom stereocenters. The highest BCUT2D eigenvalue weighted by atomic mass is 16.5. The normalized spacial score (nSPS) is 21.3. The van der Waals surface area contributed by atoms with Crippen LogP contribution in [-0.4, -0.2) is 17.7 Å². The molecular weight excluding hydrogens is 176 g/mol. The summed E-state index contributed by atoms with van der Waals surface area (Å²) < 4.78 is 5.54. The summed E-state index contributed by atoms with van der Waals surface area (Å²) in [7, 11) is 1.75. The second kappa shape index (κ2) is 3.67. The van der Waals surface area contributed by atoms with Crippen LogP contribution >= 0.6 is 0 Å². The Bertz CT molecular complexity index is 290. The van der Waals surface area contributed by atoms with Gasteiger partial charge in [0, 0.05) is 19.5 Å². The molecule has 1 saturated carbocycles. The van der Waals surface area contributed by atoms with Gasteiger partial charge >= 0.3 is 0 Å². The number of pyridine rings is 1. The van der Waals surface area contributed by atoms with Crippen LogP contribution in [0.25, 0.3) is 0 Å². The van der Waals surface area contributed by atoms with E-state index in [0.29, 0.717) is 0 Å². The van der Waals surface area contributed by atoms with E-state index in [9.17, 15) is 0 Å². The minimum Gasteiger partial charge on any atom is -0.376 e. The largest absolute Gasteiger partial charge is 0.376 e. The second-order valence-electron chi connectivity index (χ2n) is 3.89. The quantitative estimate of drug-likeness (QED) is 0.792. The molecule has 1 fully saturated rings. The van der Waals surface area contributed by atoms with Gasteiger partial charge in [-0.15, -0.1) is 0 Å². The van der Waals surface area contributed by atoms with Crippen molar-refractivity contribution in [3.8, 4) is 0 Å². The third kappa shape index (κ3) is 1.42. The van der Waals surface area contributed by atoms with E-state index < -0.39 is 0 Å².